The molecule has 0 heterocycles. The fourth-order valence-corrected chi connectivity index (χ4v) is 1.04. The first-order chi connectivity index (χ1) is 5.72. The molecule has 60 valence electrons. The maximum atomic E-state index is 12.3. The van der Waals surface area contributed by atoms with Crippen molar-refractivity contribution >= 4 is 22.0 Å². The van der Waals surface area contributed by atoms with Gasteiger partial charge in [0.15, 0.2) is 4.74 Å². The van der Waals surface area contributed by atoms with E-state index < -0.39 is 4.74 Å². The fraction of sp³-hybridized carbons (Fsp3) is 0. The molecule has 0 atom stereocenters. The van der Waals surface area contributed by atoms with Gasteiger partial charge in [-0.15, -0.1) is 0 Å². The average Bonchev–Trinajstić information content (AvgIpc) is 2.05. The third kappa shape index (κ3) is 2.48. The zero-order valence-corrected chi connectivity index (χ0v) is 7.68. The second-order valence-electron chi connectivity index (χ2n) is 2.17. The number of hydrogen-bond acceptors (Lipinski definition) is 1. The van der Waals surface area contributed by atoms with Crippen LogP contribution < -0.4 is 0 Å². The minimum absolute atomic E-state index is 0.424. The van der Waals surface area contributed by atoms with Crippen LogP contribution in [0.2, 0.25) is 0 Å². The highest BCUT2D eigenvalue weighted by Crippen LogP contribution is 2.13. The van der Waals surface area contributed by atoms with Crippen LogP contribution in [0.3, 0.4) is 0 Å². The molecule has 1 nitrogen and oxygen atoms in total. The van der Waals surface area contributed by atoms with Crippen LogP contribution in [0.15, 0.2) is 29.0 Å². The van der Waals surface area contributed by atoms with Gasteiger partial charge in [0, 0.05) is 0 Å². The van der Waals surface area contributed by atoms with Crippen molar-refractivity contribution in [2.24, 2.45) is 0 Å². The largest absolute Gasteiger partial charge is 0.199 e. The van der Waals surface area contributed by atoms with Crippen molar-refractivity contribution in [2.45, 2.75) is 0 Å². The molecule has 3 heteroatoms. The molecule has 1 aromatic rings. The Morgan fingerprint density at radius 2 is 2.00 bits per heavy atom. The molecule has 0 aromatic heterocycles. The molecule has 0 saturated heterocycles. The summed E-state index contributed by atoms with van der Waals surface area (Å²) >= 11 is 2.68. The molecule has 0 aliphatic rings. The summed E-state index contributed by atoms with van der Waals surface area (Å²) in [6.45, 7) is 0. The topological polar surface area (TPSA) is 23.8 Å². The first-order valence-electron chi connectivity index (χ1n) is 3.25. The van der Waals surface area contributed by atoms with Gasteiger partial charge in [-0.25, -0.2) is 0 Å². The summed E-state index contributed by atoms with van der Waals surface area (Å²) in [5.74, 6) is 0. The summed E-state index contributed by atoms with van der Waals surface area (Å²) in [6.07, 6.45) is 1.33. The van der Waals surface area contributed by atoms with E-state index >= 15 is 0 Å². The quantitative estimate of drug-likeness (QED) is 0.721. The maximum absolute atomic E-state index is 12.3. The zero-order valence-electron chi connectivity index (χ0n) is 6.09. The normalized spacial score (nSPS) is 10.9. The molecule has 0 aliphatic heterocycles. The Kier molecular flexibility index (Phi) is 3.01. The second kappa shape index (κ2) is 4.03. The van der Waals surface area contributed by atoms with Gasteiger partial charge in [0.05, 0.1) is 11.6 Å². The molecular formula is C9H5BrFN. The highest BCUT2D eigenvalue weighted by Gasteiger charge is 1.91. The van der Waals surface area contributed by atoms with Gasteiger partial charge in [0.1, 0.15) is 0 Å². The predicted molar refractivity (Wildman–Crippen MR) is 49.2 cm³/mol. The summed E-state index contributed by atoms with van der Waals surface area (Å²) in [5.41, 5.74) is 1.30. The molecule has 0 N–H and O–H groups in total. The van der Waals surface area contributed by atoms with Gasteiger partial charge in [-0.05, 0) is 39.7 Å². The minimum atomic E-state index is -0.424. The molecule has 0 unspecified atom stereocenters. The SMILES string of the molecule is N#Cc1ccc(/C=C(\F)Br)cc1. The van der Waals surface area contributed by atoms with Crippen molar-refractivity contribution in [3.8, 4) is 6.07 Å². The lowest BCUT2D eigenvalue weighted by Crippen LogP contribution is -1.74. The molecular weight excluding hydrogens is 221 g/mol. The van der Waals surface area contributed by atoms with E-state index in [0.717, 1.165) is 5.56 Å². The molecule has 0 amide bonds. The third-order valence-corrected chi connectivity index (χ3v) is 1.54. The van der Waals surface area contributed by atoms with Gasteiger partial charge in [-0.3, -0.25) is 0 Å². The van der Waals surface area contributed by atoms with Crippen LogP contribution in [0.25, 0.3) is 6.08 Å². The van der Waals surface area contributed by atoms with Crippen LogP contribution in [0.5, 0.6) is 0 Å². The Balaban J connectivity index is 2.95. The standard InChI is InChI=1S/C9H5BrFN/c10-9(11)5-7-1-3-8(6-12)4-2-7/h1-5H/b9-5-. The number of benzene rings is 1. The summed E-state index contributed by atoms with van der Waals surface area (Å²) in [4.78, 5) is 0. The Morgan fingerprint density at radius 3 is 2.42 bits per heavy atom. The lowest BCUT2D eigenvalue weighted by Gasteiger charge is -1.91. The Hall–Kier alpha value is -1.14. The number of hydrogen-bond donors (Lipinski definition) is 0. The molecule has 0 bridgehead atoms. The van der Waals surface area contributed by atoms with Gasteiger partial charge in [-0.2, -0.15) is 9.65 Å². The van der Waals surface area contributed by atoms with E-state index in [1.807, 2.05) is 6.07 Å². The summed E-state index contributed by atoms with van der Waals surface area (Å²) in [7, 11) is 0. The predicted octanol–water partition coefficient (Wildman–Crippen LogP) is 3.22. The average molecular weight is 226 g/mol. The van der Waals surface area contributed by atoms with Crippen LogP contribution in [0.1, 0.15) is 11.1 Å². The lowest BCUT2D eigenvalue weighted by atomic mass is 10.1. The highest BCUT2D eigenvalue weighted by molar-refractivity contribution is 9.11. The second-order valence-corrected chi connectivity index (χ2v) is 2.93. The van der Waals surface area contributed by atoms with Crippen LogP contribution in [-0.2, 0) is 0 Å². The number of rotatable bonds is 1. The zero-order chi connectivity index (χ0) is 8.97. The molecule has 1 aromatic carbocycles. The van der Waals surface area contributed by atoms with Crippen molar-refractivity contribution in [1.82, 2.24) is 0 Å². The summed E-state index contributed by atoms with van der Waals surface area (Å²) < 4.78 is 11.9. The van der Waals surface area contributed by atoms with Crippen LogP contribution >= 0.6 is 15.9 Å². The summed E-state index contributed by atoms with van der Waals surface area (Å²) in [6, 6.07) is 8.62. The molecule has 0 spiro atoms. The van der Waals surface area contributed by atoms with E-state index in [1.165, 1.54) is 6.08 Å². The maximum Gasteiger partial charge on any atom is 0.166 e. The molecule has 0 fully saturated rings. The van der Waals surface area contributed by atoms with Gasteiger partial charge in [-0.1, -0.05) is 12.1 Å². The van der Waals surface area contributed by atoms with Gasteiger partial charge >= 0.3 is 0 Å². The van der Waals surface area contributed by atoms with Crippen molar-refractivity contribution in [3.05, 3.63) is 40.1 Å². The Bertz CT molecular complexity index is 331. The fourth-order valence-electron chi connectivity index (χ4n) is 0.780. The third-order valence-electron chi connectivity index (χ3n) is 1.32. The molecule has 0 aliphatic carbocycles. The van der Waals surface area contributed by atoms with E-state index in [4.69, 9.17) is 5.26 Å². The van der Waals surface area contributed by atoms with Gasteiger partial charge in [0.25, 0.3) is 0 Å². The van der Waals surface area contributed by atoms with Crippen LogP contribution in [0, 0.1) is 11.3 Å². The monoisotopic (exact) mass is 225 g/mol. The smallest absolute Gasteiger partial charge is 0.166 e. The van der Waals surface area contributed by atoms with Crippen LogP contribution in [-0.4, -0.2) is 0 Å². The van der Waals surface area contributed by atoms with Crippen molar-refractivity contribution in [3.63, 3.8) is 0 Å². The van der Waals surface area contributed by atoms with E-state index in [-0.39, 0.29) is 0 Å². The Morgan fingerprint density at radius 1 is 1.42 bits per heavy atom. The number of halogens is 2. The van der Waals surface area contributed by atoms with Crippen molar-refractivity contribution < 1.29 is 4.39 Å². The van der Waals surface area contributed by atoms with Crippen molar-refractivity contribution in [2.75, 3.05) is 0 Å². The molecule has 12 heavy (non-hydrogen) atoms. The number of nitrogens with zero attached hydrogens (tertiary/aromatic N) is 1. The lowest BCUT2D eigenvalue weighted by molar-refractivity contribution is 0.712. The van der Waals surface area contributed by atoms with E-state index in [2.05, 4.69) is 15.9 Å². The molecule has 1 rings (SSSR count). The number of nitriles is 1. The highest BCUT2D eigenvalue weighted by atomic mass is 79.9. The minimum Gasteiger partial charge on any atom is -0.199 e. The first kappa shape index (κ1) is 8.95. The molecule has 0 radical (unpaired) electrons. The van der Waals surface area contributed by atoms with Crippen LogP contribution in [0.4, 0.5) is 4.39 Å². The van der Waals surface area contributed by atoms with E-state index in [1.54, 1.807) is 24.3 Å². The first-order valence-corrected chi connectivity index (χ1v) is 4.04. The summed E-state index contributed by atoms with van der Waals surface area (Å²) in [5, 5.41) is 8.46. The van der Waals surface area contributed by atoms with Crippen molar-refractivity contribution in [1.29, 1.82) is 5.26 Å². The Labute approximate surface area is 78.3 Å². The molecule has 0 saturated carbocycles. The van der Waals surface area contributed by atoms with E-state index in [0.29, 0.717) is 5.56 Å². The van der Waals surface area contributed by atoms with Gasteiger partial charge in [0.2, 0.25) is 0 Å². The van der Waals surface area contributed by atoms with Gasteiger partial charge < -0.3 is 0 Å². The van der Waals surface area contributed by atoms with E-state index in [9.17, 15) is 4.39 Å².